The van der Waals surface area contributed by atoms with E-state index >= 15 is 0 Å². The van der Waals surface area contributed by atoms with E-state index in [0.29, 0.717) is 11.7 Å². The number of esters is 1. The van der Waals surface area contributed by atoms with Crippen molar-refractivity contribution in [3.63, 3.8) is 0 Å². The van der Waals surface area contributed by atoms with Gasteiger partial charge in [0.15, 0.2) is 5.78 Å². The molecule has 1 aromatic rings. The molecule has 23 heavy (non-hydrogen) atoms. The molecule has 4 nitrogen and oxygen atoms in total. The van der Waals surface area contributed by atoms with Crippen LogP contribution in [0.2, 0.25) is 0 Å². The van der Waals surface area contributed by atoms with Crippen molar-refractivity contribution >= 4 is 17.4 Å². The SMILES string of the molecule is CC(=O)Oc1ccc(NC=C2C(=O)[C@]3(C)CC[C@@H]2C3(C)C)cc1. The van der Waals surface area contributed by atoms with Crippen LogP contribution in [0.1, 0.15) is 40.5 Å². The van der Waals surface area contributed by atoms with Crippen LogP contribution < -0.4 is 10.1 Å². The van der Waals surface area contributed by atoms with Crippen molar-refractivity contribution < 1.29 is 14.3 Å². The normalized spacial score (nSPS) is 29.8. The lowest BCUT2D eigenvalue weighted by atomic mass is 9.70. The number of fused-ring (bicyclic) bond motifs is 2. The smallest absolute Gasteiger partial charge is 0.308 e. The second kappa shape index (κ2) is 5.22. The zero-order valence-electron chi connectivity index (χ0n) is 14.1. The van der Waals surface area contributed by atoms with Crippen LogP contribution in [0.15, 0.2) is 36.0 Å². The molecular weight excluding hydrogens is 290 g/mol. The number of hydrogen-bond donors (Lipinski definition) is 1. The fourth-order valence-electron chi connectivity index (χ4n) is 4.04. The molecule has 0 amide bonds. The molecule has 2 saturated carbocycles. The van der Waals surface area contributed by atoms with E-state index in [-0.39, 0.29) is 22.6 Å². The van der Waals surface area contributed by atoms with E-state index in [0.717, 1.165) is 24.1 Å². The van der Waals surface area contributed by atoms with Gasteiger partial charge in [-0.05, 0) is 48.4 Å². The van der Waals surface area contributed by atoms with Crippen molar-refractivity contribution in [2.45, 2.75) is 40.5 Å². The minimum Gasteiger partial charge on any atom is -0.427 e. The standard InChI is InChI=1S/C19H23NO3/c1-12(21)23-14-7-5-13(6-8-14)20-11-15-16-9-10-19(4,17(15)22)18(16,2)3/h5-8,11,16,20H,9-10H2,1-4H3/t16-,19-/m0/s1. The number of nitrogens with one attached hydrogen (secondary N) is 1. The highest BCUT2D eigenvalue weighted by atomic mass is 16.5. The third-order valence-electron chi connectivity index (χ3n) is 5.88. The Kier molecular flexibility index (Phi) is 3.58. The van der Waals surface area contributed by atoms with Gasteiger partial charge in [-0.25, -0.2) is 0 Å². The van der Waals surface area contributed by atoms with E-state index < -0.39 is 0 Å². The second-order valence-corrected chi connectivity index (χ2v) is 7.34. The van der Waals surface area contributed by atoms with Crippen molar-refractivity contribution in [1.82, 2.24) is 0 Å². The van der Waals surface area contributed by atoms with Gasteiger partial charge in [0.1, 0.15) is 5.75 Å². The number of carbonyl (C=O) groups excluding carboxylic acids is 2. The van der Waals surface area contributed by atoms with E-state index in [4.69, 9.17) is 4.74 Å². The quantitative estimate of drug-likeness (QED) is 0.522. The van der Waals surface area contributed by atoms with E-state index in [9.17, 15) is 9.59 Å². The van der Waals surface area contributed by atoms with Crippen LogP contribution in [0.3, 0.4) is 0 Å². The van der Waals surface area contributed by atoms with Crippen LogP contribution in [0, 0.1) is 16.7 Å². The third kappa shape index (κ3) is 2.37. The zero-order chi connectivity index (χ0) is 16.8. The maximum atomic E-state index is 12.7. The summed E-state index contributed by atoms with van der Waals surface area (Å²) in [5.74, 6) is 0.784. The summed E-state index contributed by atoms with van der Waals surface area (Å²) >= 11 is 0. The summed E-state index contributed by atoms with van der Waals surface area (Å²) in [4.78, 5) is 23.6. The van der Waals surface area contributed by atoms with Gasteiger partial charge in [0.25, 0.3) is 0 Å². The second-order valence-electron chi connectivity index (χ2n) is 7.34. The molecule has 2 bridgehead atoms. The van der Waals surface area contributed by atoms with Crippen LogP contribution in [-0.4, -0.2) is 11.8 Å². The molecule has 0 aliphatic heterocycles. The molecule has 0 unspecified atom stereocenters. The Bertz CT molecular complexity index is 687. The first-order valence-corrected chi connectivity index (χ1v) is 8.05. The van der Waals surface area contributed by atoms with Gasteiger partial charge in [-0.1, -0.05) is 20.8 Å². The van der Waals surface area contributed by atoms with Crippen molar-refractivity contribution in [1.29, 1.82) is 0 Å². The summed E-state index contributed by atoms with van der Waals surface area (Å²) < 4.78 is 5.01. The third-order valence-corrected chi connectivity index (χ3v) is 5.88. The van der Waals surface area contributed by atoms with Crippen molar-refractivity contribution in [3.8, 4) is 5.75 Å². The van der Waals surface area contributed by atoms with Crippen LogP contribution >= 0.6 is 0 Å². The molecule has 0 radical (unpaired) electrons. The summed E-state index contributed by atoms with van der Waals surface area (Å²) in [7, 11) is 0. The van der Waals surface area contributed by atoms with Gasteiger partial charge in [-0.2, -0.15) is 0 Å². The van der Waals surface area contributed by atoms with Crippen molar-refractivity contribution in [3.05, 3.63) is 36.0 Å². The molecule has 2 aliphatic carbocycles. The Hall–Kier alpha value is -2.10. The summed E-state index contributed by atoms with van der Waals surface area (Å²) in [6, 6.07) is 7.13. The molecule has 3 rings (SSSR count). The fraction of sp³-hybridized carbons (Fsp3) is 0.474. The van der Waals surface area contributed by atoms with E-state index in [1.807, 2.05) is 18.3 Å². The Morgan fingerprint density at radius 1 is 1.26 bits per heavy atom. The highest BCUT2D eigenvalue weighted by molar-refractivity contribution is 6.04. The van der Waals surface area contributed by atoms with Crippen LogP contribution in [-0.2, 0) is 9.59 Å². The van der Waals surface area contributed by atoms with Gasteiger partial charge in [0.05, 0.1) is 0 Å². The number of ether oxygens (including phenoxy) is 1. The summed E-state index contributed by atoms with van der Waals surface area (Å²) in [5, 5.41) is 3.21. The highest BCUT2D eigenvalue weighted by Gasteiger charge is 2.63. The topological polar surface area (TPSA) is 55.4 Å². The number of hydrogen-bond acceptors (Lipinski definition) is 4. The maximum absolute atomic E-state index is 12.7. The summed E-state index contributed by atoms with van der Waals surface area (Å²) in [6.07, 6.45) is 3.92. The minimum absolute atomic E-state index is 0.0246. The number of rotatable bonds is 3. The lowest BCUT2D eigenvalue weighted by Crippen LogP contribution is -2.32. The molecule has 1 N–H and O–H groups in total. The fourth-order valence-corrected chi connectivity index (χ4v) is 4.04. The van der Waals surface area contributed by atoms with Gasteiger partial charge in [-0.15, -0.1) is 0 Å². The molecule has 4 heteroatoms. The van der Waals surface area contributed by atoms with Crippen LogP contribution in [0.5, 0.6) is 5.75 Å². The lowest BCUT2D eigenvalue weighted by molar-refractivity contribution is -0.132. The number of carbonyl (C=O) groups is 2. The lowest BCUT2D eigenvalue weighted by Gasteiger charge is -2.31. The average Bonchev–Trinajstić information content (AvgIpc) is 2.79. The predicted molar refractivity (Wildman–Crippen MR) is 89.1 cm³/mol. The zero-order valence-corrected chi connectivity index (χ0v) is 14.1. The molecule has 2 fully saturated rings. The Morgan fingerprint density at radius 3 is 2.43 bits per heavy atom. The number of Topliss-reactive ketones (excluding diaryl/α,β-unsaturated/α-hetero) is 1. The van der Waals surface area contributed by atoms with Crippen LogP contribution in [0.25, 0.3) is 0 Å². The first-order valence-electron chi connectivity index (χ1n) is 8.05. The number of allylic oxidation sites excluding steroid dienone is 1. The number of benzene rings is 1. The van der Waals surface area contributed by atoms with Gasteiger partial charge in [0.2, 0.25) is 0 Å². The van der Waals surface area contributed by atoms with Gasteiger partial charge in [-0.3, -0.25) is 9.59 Å². The van der Waals surface area contributed by atoms with Gasteiger partial charge < -0.3 is 10.1 Å². The summed E-state index contributed by atoms with van der Waals surface area (Å²) in [5.41, 5.74) is 1.57. The average molecular weight is 313 g/mol. The maximum Gasteiger partial charge on any atom is 0.308 e. The minimum atomic E-state index is -0.337. The predicted octanol–water partition coefficient (Wildman–Crippen LogP) is 3.93. The molecule has 122 valence electrons. The Morgan fingerprint density at radius 2 is 1.91 bits per heavy atom. The number of anilines is 1. The number of ketones is 1. The Balaban J connectivity index is 1.76. The largest absolute Gasteiger partial charge is 0.427 e. The molecule has 2 atom stereocenters. The molecule has 0 aromatic heterocycles. The van der Waals surface area contributed by atoms with Crippen molar-refractivity contribution in [2.24, 2.45) is 16.7 Å². The highest BCUT2D eigenvalue weighted by Crippen LogP contribution is 2.65. The first-order chi connectivity index (χ1) is 10.8. The molecule has 2 aliphatic rings. The van der Waals surface area contributed by atoms with E-state index in [1.165, 1.54) is 6.92 Å². The van der Waals surface area contributed by atoms with Crippen molar-refractivity contribution in [2.75, 3.05) is 5.32 Å². The van der Waals surface area contributed by atoms with E-state index in [1.54, 1.807) is 12.1 Å². The van der Waals surface area contributed by atoms with E-state index in [2.05, 4.69) is 26.1 Å². The summed E-state index contributed by atoms with van der Waals surface area (Å²) in [6.45, 7) is 7.89. The van der Waals surface area contributed by atoms with Gasteiger partial charge >= 0.3 is 5.97 Å². The first kappa shape index (κ1) is 15.8. The molecule has 0 spiro atoms. The molecular formula is C19H23NO3. The molecule has 0 saturated heterocycles. The Labute approximate surface area is 136 Å². The molecule has 0 heterocycles. The van der Waals surface area contributed by atoms with Crippen LogP contribution in [0.4, 0.5) is 5.69 Å². The molecule has 1 aromatic carbocycles. The van der Waals surface area contributed by atoms with Gasteiger partial charge in [0, 0.05) is 29.8 Å². The monoisotopic (exact) mass is 313 g/mol.